The first-order chi connectivity index (χ1) is 13.7. The van der Waals surface area contributed by atoms with Crippen molar-refractivity contribution in [3.63, 3.8) is 0 Å². The average Bonchev–Trinajstić information content (AvgIpc) is 2.93. The molecule has 1 unspecified atom stereocenters. The molecule has 0 bridgehead atoms. The first-order valence-corrected chi connectivity index (χ1v) is 10.4. The standard InChI is InChI=1S/C23H25ClN2O2S/c1-5-14(3)25-22(28)11-17-15(4)26(20-12-19(24)21(27)10-18(17)20)23(29)16-8-6-13(2)7-9-16/h6-10,12,14,27H,5,11H2,1-4H3,(H,25,28). The number of amides is 1. The van der Waals surface area contributed by atoms with Gasteiger partial charge < -0.3 is 15.0 Å². The molecule has 0 radical (unpaired) electrons. The van der Waals surface area contributed by atoms with Gasteiger partial charge in [-0.25, -0.2) is 0 Å². The van der Waals surface area contributed by atoms with Gasteiger partial charge in [-0.3, -0.25) is 4.79 Å². The second-order valence-electron chi connectivity index (χ2n) is 7.44. The van der Waals surface area contributed by atoms with Crippen molar-refractivity contribution >= 4 is 45.6 Å². The largest absolute Gasteiger partial charge is 0.506 e. The molecule has 0 saturated carbocycles. The van der Waals surface area contributed by atoms with E-state index in [-0.39, 0.29) is 29.1 Å². The molecule has 4 nitrogen and oxygen atoms in total. The maximum Gasteiger partial charge on any atom is 0.224 e. The molecule has 0 spiro atoms. The van der Waals surface area contributed by atoms with E-state index in [0.29, 0.717) is 4.99 Å². The van der Waals surface area contributed by atoms with Gasteiger partial charge in [-0.05, 0) is 44.9 Å². The molecule has 2 N–H and O–H groups in total. The highest BCUT2D eigenvalue weighted by molar-refractivity contribution is 7.80. The number of aryl methyl sites for hydroxylation is 1. The van der Waals surface area contributed by atoms with Gasteiger partial charge in [0.25, 0.3) is 0 Å². The number of benzene rings is 2. The Bertz CT molecular complexity index is 1090. The van der Waals surface area contributed by atoms with Gasteiger partial charge in [0.05, 0.1) is 17.0 Å². The molecule has 3 rings (SSSR count). The minimum Gasteiger partial charge on any atom is -0.506 e. The number of carbonyl (C=O) groups excluding carboxylic acids is 1. The highest BCUT2D eigenvalue weighted by Crippen LogP contribution is 2.35. The Morgan fingerprint density at radius 3 is 2.52 bits per heavy atom. The number of hydrogen-bond donors (Lipinski definition) is 2. The van der Waals surface area contributed by atoms with Crippen molar-refractivity contribution in [2.45, 2.75) is 46.6 Å². The first kappa shape index (κ1) is 21.3. The summed E-state index contributed by atoms with van der Waals surface area (Å²) in [5, 5.41) is 14.2. The molecule has 1 aromatic heterocycles. The average molecular weight is 429 g/mol. The number of thiocarbonyl (C=S) groups is 1. The molecule has 152 valence electrons. The van der Waals surface area contributed by atoms with Crippen LogP contribution < -0.4 is 5.32 Å². The van der Waals surface area contributed by atoms with Gasteiger partial charge in [0.1, 0.15) is 10.7 Å². The Balaban J connectivity index is 2.13. The maximum atomic E-state index is 12.6. The minimum atomic E-state index is -0.0582. The molecule has 3 aromatic rings. The van der Waals surface area contributed by atoms with Crippen molar-refractivity contribution in [1.82, 2.24) is 9.88 Å². The summed E-state index contributed by atoms with van der Waals surface area (Å²) in [5.41, 5.74) is 4.54. The molecule has 1 atom stereocenters. The van der Waals surface area contributed by atoms with E-state index in [1.165, 1.54) is 0 Å². The molecule has 29 heavy (non-hydrogen) atoms. The highest BCUT2D eigenvalue weighted by Gasteiger charge is 2.21. The van der Waals surface area contributed by atoms with E-state index in [0.717, 1.165) is 39.7 Å². The van der Waals surface area contributed by atoms with Crippen molar-refractivity contribution in [1.29, 1.82) is 0 Å². The van der Waals surface area contributed by atoms with Crippen LogP contribution in [0, 0.1) is 13.8 Å². The van der Waals surface area contributed by atoms with Crippen LogP contribution in [0.15, 0.2) is 36.4 Å². The zero-order chi connectivity index (χ0) is 21.3. The van der Waals surface area contributed by atoms with Crippen LogP contribution >= 0.6 is 23.8 Å². The van der Waals surface area contributed by atoms with E-state index < -0.39 is 0 Å². The number of phenols is 1. The number of nitrogens with zero attached hydrogens (tertiary/aromatic N) is 1. The summed E-state index contributed by atoms with van der Waals surface area (Å²) in [6.45, 7) is 7.98. The number of halogens is 1. The Kier molecular flexibility index (Phi) is 6.30. The molecule has 0 aliphatic rings. The second kappa shape index (κ2) is 8.56. The van der Waals surface area contributed by atoms with Crippen molar-refractivity contribution in [3.05, 3.63) is 63.8 Å². The Labute approximate surface area is 181 Å². The van der Waals surface area contributed by atoms with Crippen LogP contribution in [0.4, 0.5) is 0 Å². The smallest absolute Gasteiger partial charge is 0.224 e. The van der Waals surface area contributed by atoms with Crippen LogP contribution in [-0.2, 0) is 11.2 Å². The summed E-state index contributed by atoms with van der Waals surface area (Å²) in [4.78, 5) is 13.2. The number of aromatic nitrogens is 1. The Morgan fingerprint density at radius 1 is 1.24 bits per heavy atom. The van der Waals surface area contributed by atoms with Crippen LogP contribution in [0.3, 0.4) is 0 Å². The normalized spacial score (nSPS) is 12.2. The zero-order valence-electron chi connectivity index (χ0n) is 17.0. The van der Waals surface area contributed by atoms with Gasteiger partial charge in [0, 0.05) is 22.7 Å². The molecule has 1 amide bonds. The van der Waals surface area contributed by atoms with Gasteiger partial charge in [0.2, 0.25) is 5.91 Å². The summed E-state index contributed by atoms with van der Waals surface area (Å²) >= 11 is 12.0. The second-order valence-corrected chi connectivity index (χ2v) is 8.24. The number of aromatic hydroxyl groups is 1. The number of hydrogen-bond acceptors (Lipinski definition) is 3. The number of carbonyl (C=O) groups is 1. The van der Waals surface area contributed by atoms with Crippen LogP contribution in [0.1, 0.15) is 42.7 Å². The Morgan fingerprint density at radius 2 is 1.90 bits per heavy atom. The molecule has 6 heteroatoms. The quantitative estimate of drug-likeness (QED) is 0.542. The summed E-state index contributed by atoms with van der Waals surface area (Å²) in [5.74, 6) is -0.0710. The Hall–Kier alpha value is -2.37. The molecule has 1 heterocycles. The van der Waals surface area contributed by atoms with Gasteiger partial charge in [0.15, 0.2) is 0 Å². The van der Waals surface area contributed by atoms with Gasteiger partial charge in [-0.1, -0.05) is 60.6 Å². The predicted octanol–water partition coefficient (Wildman–Crippen LogP) is 5.30. The zero-order valence-corrected chi connectivity index (χ0v) is 18.6. The SMILES string of the molecule is CCC(C)NC(=O)Cc1c(C)n(C(=S)c2ccc(C)cc2)c2cc(Cl)c(O)cc12. The predicted molar refractivity (Wildman–Crippen MR) is 123 cm³/mol. The minimum absolute atomic E-state index is 0.0128. The van der Waals surface area contributed by atoms with Crippen molar-refractivity contribution in [3.8, 4) is 5.75 Å². The lowest BCUT2D eigenvalue weighted by atomic mass is 10.1. The third-order valence-corrected chi connectivity index (χ3v) is 5.98. The number of nitrogens with one attached hydrogen (secondary N) is 1. The lowest BCUT2D eigenvalue weighted by Gasteiger charge is -2.12. The summed E-state index contributed by atoms with van der Waals surface area (Å²) in [7, 11) is 0. The van der Waals surface area contributed by atoms with Crippen molar-refractivity contribution in [2.24, 2.45) is 0 Å². The van der Waals surface area contributed by atoms with E-state index in [1.807, 2.05) is 56.5 Å². The number of phenolic OH excluding ortho intramolecular Hbond substituents is 1. The van der Waals surface area contributed by atoms with Gasteiger partial charge in [-0.2, -0.15) is 0 Å². The van der Waals surface area contributed by atoms with Crippen molar-refractivity contribution < 1.29 is 9.90 Å². The third-order valence-electron chi connectivity index (χ3n) is 5.26. The van der Waals surface area contributed by atoms with Crippen molar-refractivity contribution in [2.75, 3.05) is 0 Å². The monoisotopic (exact) mass is 428 g/mol. The van der Waals surface area contributed by atoms with E-state index in [2.05, 4.69) is 5.32 Å². The molecule has 0 fully saturated rings. The van der Waals surface area contributed by atoms with Crippen LogP contribution in [-0.4, -0.2) is 26.6 Å². The molecule has 0 aliphatic carbocycles. The van der Waals surface area contributed by atoms with Gasteiger partial charge in [-0.15, -0.1) is 0 Å². The lowest BCUT2D eigenvalue weighted by molar-refractivity contribution is -0.121. The summed E-state index contributed by atoms with van der Waals surface area (Å²) < 4.78 is 1.94. The van der Waals surface area contributed by atoms with E-state index in [9.17, 15) is 9.90 Å². The third kappa shape index (κ3) is 4.31. The maximum absolute atomic E-state index is 12.6. The van der Waals surface area contributed by atoms with Crippen LogP contribution in [0.5, 0.6) is 5.75 Å². The first-order valence-electron chi connectivity index (χ1n) is 9.66. The van der Waals surface area contributed by atoms with E-state index in [4.69, 9.17) is 23.8 Å². The molecule has 0 aliphatic heterocycles. The molecule has 2 aromatic carbocycles. The summed E-state index contributed by atoms with van der Waals surface area (Å²) in [6, 6.07) is 11.4. The fraction of sp³-hybridized carbons (Fsp3) is 0.304. The summed E-state index contributed by atoms with van der Waals surface area (Å²) in [6.07, 6.45) is 1.07. The van der Waals surface area contributed by atoms with E-state index >= 15 is 0 Å². The number of fused-ring (bicyclic) bond motifs is 1. The van der Waals surface area contributed by atoms with Gasteiger partial charge >= 0.3 is 0 Å². The molecular weight excluding hydrogens is 404 g/mol. The number of rotatable bonds is 5. The highest BCUT2D eigenvalue weighted by atomic mass is 35.5. The fourth-order valence-electron chi connectivity index (χ4n) is 3.39. The molecular formula is C23H25ClN2O2S. The molecule has 0 saturated heterocycles. The van der Waals surface area contributed by atoms with Crippen LogP contribution in [0.2, 0.25) is 5.02 Å². The lowest BCUT2D eigenvalue weighted by Crippen LogP contribution is -2.33. The fourth-order valence-corrected chi connectivity index (χ4v) is 3.92. The van der Waals surface area contributed by atoms with E-state index in [1.54, 1.807) is 12.1 Å². The topological polar surface area (TPSA) is 54.3 Å². The van der Waals surface area contributed by atoms with Crippen LogP contribution in [0.25, 0.3) is 10.9 Å².